The van der Waals surface area contributed by atoms with Gasteiger partial charge in [0.1, 0.15) is 11.5 Å². The second-order valence-corrected chi connectivity index (χ2v) is 9.99. The van der Waals surface area contributed by atoms with Crippen LogP contribution in [-0.4, -0.2) is 66.2 Å². The molecule has 6 heteroatoms. The maximum Gasteiger partial charge on any atom is 0.140 e. The molecule has 0 amide bonds. The fraction of sp³-hybridized carbons (Fsp3) is 0.833. The highest BCUT2D eigenvalue weighted by molar-refractivity contribution is 5.14. The van der Waals surface area contributed by atoms with Crippen molar-refractivity contribution in [1.29, 1.82) is 0 Å². The molecule has 0 aromatic carbocycles. The van der Waals surface area contributed by atoms with Crippen LogP contribution in [0.15, 0.2) is 22.8 Å². The number of ether oxygens (including phenoxy) is 2. The largest absolute Gasteiger partial charge is 0.468 e. The smallest absolute Gasteiger partial charge is 0.140 e. The summed E-state index contributed by atoms with van der Waals surface area (Å²) in [7, 11) is 0. The highest BCUT2D eigenvalue weighted by atomic mass is 16.5. The average Bonchev–Trinajstić information content (AvgIpc) is 3.41. The molecular formula is C24H37N3O3. The molecule has 6 atom stereocenters. The summed E-state index contributed by atoms with van der Waals surface area (Å²) < 4.78 is 18.4. The first-order chi connectivity index (χ1) is 14.9. The van der Waals surface area contributed by atoms with Gasteiger partial charge >= 0.3 is 0 Å². The van der Waals surface area contributed by atoms with Gasteiger partial charge in [-0.1, -0.05) is 6.42 Å². The van der Waals surface area contributed by atoms with Crippen LogP contribution in [0.2, 0.25) is 0 Å². The monoisotopic (exact) mass is 415 g/mol. The Balaban J connectivity index is 1.14. The van der Waals surface area contributed by atoms with Gasteiger partial charge in [-0.3, -0.25) is 15.1 Å². The van der Waals surface area contributed by atoms with E-state index in [-0.39, 0.29) is 5.72 Å². The highest BCUT2D eigenvalue weighted by Crippen LogP contribution is 2.48. The molecule has 1 aromatic heterocycles. The van der Waals surface area contributed by atoms with Gasteiger partial charge in [-0.15, -0.1) is 0 Å². The second-order valence-electron chi connectivity index (χ2n) is 9.99. The molecule has 6 heterocycles. The van der Waals surface area contributed by atoms with E-state index in [2.05, 4.69) is 21.2 Å². The lowest BCUT2D eigenvalue weighted by atomic mass is 9.82. The minimum absolute atomic E-state index is 0.142. The second kappa shape index (κ2) is 8.21. The predicted octanol–water partition coefficient (Wildman–Crippen LogP) is 3.64. The number of piperidine rings is 1. The van der Waals surface area contributed by atoms with Crippen molar-refractivity contribution in [2.75, 3.05) is 26.3 Å². The van der Waals surface area contributed by atoms with Crippen molar-refractivity contribution in [3.8, 4) is 0 Å². The van der Waals surface area contributed by atoms with Crippen molar-refractivity contribution in [2.45, 2.75) is 100 Å². The molecule has 0 bridgehead atoms. The number of hydrogen-bond acceptors (Lipinski definition) is 6. The molecule has 0 aliphatic carbocycles. The zero-order chi connectivity index (χ0) is 20.0. The minimum Gasteiger partial charge on any atom is -0.468 e. The molecule has 5 aliphatic rings. The van der Waals surface area contributed by atoms with E-state index < -0.39 is 0 Å². The Kier molecular flexibility index (Phi) is 5.40. The maximum absolute atomic E-state index is 6.39. The van der Waals surface area contributed by atoms with Crippen LogP contribution in [-0.2, 0) is 9.47 Å². The quantitative estimate of drug-likeness (QED) is 0.792. The average molecular weight is 416 g/mol. The van der Waals surface area contributed by atoms with E-state index in [4.69, 9.17) is 13.9 Å². The molecule has 6 nitrogen and oxygen atoms in total. The minimum atomic E-state index is -0.142. The lowest BCUT2D eigenvalue weighted by Gasteiger charge is -2.61. The van der Waals surface area contributed by atoms with E-state index in [1.165, 1.54) is 64.3 Å². The predicted molar refractivity (Wildman–Crippen MR) is 114 cm³/mol. The molecule has 5 fully saturated rings. The maximum atomic E-state index is 6.39. The molecule has 0 radical (unpaired) electrons. The summed E-state index contributed by atoms with van der Waals surface area (Å²) in [4.78, 5) is 5.36. The Bertz CT molecular complexity index is 695. The van der Waals surface area contributed by atoms with Crippen molar-refractivity contribution >= 4 is 0 Å². The molecular weight excluding hydrogens is 378 g/mol. The third-order valence-corrected chi connectivity index (χ3v) is 8.46. The molecule has 30 heavy (non-hydrogen) atoms. The Labute approximate surface area is 180 Å². The highest BCUT2D eigenvalue weighted by Gasteiger charge is 2.58. The summed E-state index contributed by atoms with van der Waals surface area (Å²) in [5, 5.41) is 3.98. The number of nitrogens with one attached hydrogen (secondary N) is 1. The summed E-state index contributed by atoms with van der Waals surface area (Å²) in [6.45, 7) is 4.15. The van der Waals surface area contributed by atoms with Crippen molar-refractivity contribution in [1.82, 2.24) is 15.1 Å². The SMILES string of the molecule is c1coc(C2CCCN2C2(C3CC(N4CCCCC4C4CCCCO4)N3)CCO2)c1. The molecule has 5 aliphatic heterocycles. The summed E-state index contributed by atoms with van der Waals surface area (Å²) in [6, 6.07) is 5.52. The topological polar surface area (TPSA) is 50.1 Å². The summed E-state index contributed by atoms with van der Waals surface area (Å²) >= 11 is 0. The van der Waals surface area contributed by atoms with Gasteiger partial charge in [0.2, 0.25) is 0 Å². The van der Waals surface area contributed by atoms with Crippen molar-refractivity contribution in [3.63, 3.8) is 0 Å². The Morgan fingerprint density at radius 1 is 1.00 bits per heavy atom. The van der Waals surface area contributed by atoms with Gasteiger partial charge in [0.05, 0.1) is 37.2 Å². The van der Waals surface area contributed by atoms with Crippen LogP contribution < -0.4 is 5.32 Å². The van der Waals surface area contributed by atoms with Crippen molar-refractivity contribution in [3.05, 3.63) is 24.2 Å². The van der Waals surface area contributed by atoms with E-state index in [0.29, 0.717) is 30.4 Å². The Morgan fingerprint density at radius 3 is 2.63 bits per heavy atom. The van der Waals surface area contributed by atoms with Crippen LogP contribution in [0.1, 0.15) is 76.0 Å². The Morgan fingerprint density at radius 2 is 1.90 bits per heavy atom. The number of rotatable bonds is 5. The molecule has 166 valence electrons. The molecule has 0 saturated carbocycles. The third-order valence-electron chi connectivity index (χ3n) is 8.46. The van der Waals surface area contributed by atoms with Gasteiger partial charge in [-0.05, 0) is 63.5 Å². The standard InChI is InChI=1S/C24H37N3O3/c1-3-12-26(18(7-1)20-9-2-4-14-28-20)23-17-22(25-23)24(11-16-30-24)27-13-5-8-19(27)21-10-6-15-29-21/h6,10,15,18-20,22-23,25H,1-5,7-9,11-14,16-17H2. The number of hydrogen-bond donors (Lipinski definition) is 1. The van der Waals surface area contributed by atoms with E-state index in [1.807, 2.05) is 12.3 Å². The molecule has 6 rings (SSSR count). The zero-order valence-corrected chi connectivity index (χ0v) is 18.1. The molecule has 0 spiro atoms. The van der Waals surface area contributed by atoms with E-state index >= 15 is 0 Å². The fourth-order valence-corrected chi connectivity index (χ4v) is 6.82. The van der Waals surface area contributed by atoms with Crippen molar-refractivity contribution in [2.24, 2.45) is 0 Å². The lowest BCUT2D eigenvalue weighted by Crippen LogP contribution is -2.77. The van der Waals surface area contributed by atoms with Gasteiger partial charge in [-0.2, -0.15) is 0 Å². The fourth-order valence-electron chi connectivity index (χ4n) is 6.82. The number of likely N-dealkylation sites (tertiary alicyclic amines) is 2. The van der Waals surface area contributed by atoms with Crippen LogP contribution in [0, 0.1) is 0 Å². The number of furan rings is 1. The van der Waals surface area contributed by atoms with Gasteiger partial charge in [-0.25, -0.2) is 0 Å². The first-order valence-corrected chi connectivity index (χ1v) is 12.4. The molecule has 1 aromatic rings. The number of nitrogens with zero attached hydrogens (tertiary/aromatic N) is 2. The van der Waals surface area contributed by atoms with Gasteiger partial charge in [0.25, 0.3) is 0 Å². The molecule has 6 unspecified atom stereocenters. The van der Waals surface area contributed by atoms with Crippen LogP contribution in [0.25, 0.3) is 0 Å². The lowest BCUT2D eigenvalue weighted by molar-refractivity contribution is -0.279. The van der Waals surface area contributed by atoms with E-state index in [1.54, 1.807) is 0 Å². The first kappa shape index (κ1) is 19.7. The van der Waals surface area contributed by atoms with Gasteiger partial charge < -0.3 is 13.9 Å². The van der Waals surface area contributed by atoms with E-state index in [9.17, 15) is 0 Å². The zero-order valence-electron chi connectivity index (χ0n) is 18.1. The van der Waals surface area contributed by atoms with Crippen LogP contribution in [0.4, 0.5) is 0 Å². The first-order valence-electron chi connectivity index (χ1n) is 12.4. The summed E-state index contributed by atoms with van der Waals surface area (Å²) in [5.74, 6) is 1.10. The van der Waals surface area contributed by atoms with Gasteiger partial charge in [0, 0.05) is 32.2 Å². The third kappa shape index (κ3) is 3.27. The molecule has 5 saturated heterocycles. The van der Waals surface area contributed by atoms with Crippen LogP contribution in [0.3, 0.4) is 0 Å². The molecule has 1 N–H and O–H groups in total. The van der Waals surface area contributed by atoms with Crippen molar-refractivity contribution < 1.29 is 13.9 Å². The summed E-state index contributed by atoms with van der Waals surface area (Å²) in [5.41, 5.74) is -0.142. The van der Waals surface area contributed by atoms with Crippen LogP contribution >= 0.6 is 0 Å². The normalized spacial score (nSPS) is 43.3. The Hall–Kier alpha value is -0.920. The van der Waals surface area contributed by atoms with Gasteiger partial charge in [0.15, 0.2) is 0 Å². The van der Waals surface area contributed by atoms with E-state index in [0.717, 1.165) is 31.9 Å². The summed E-state index contributed by atoms with van der Waals surface area (Å²) in [6.07, 6.45) is 15.2. The van der Waals surface area contributed by atoms with Crippen LogP contribution in [0.5, 0.6) is 0 Å².